The van der Waals surface area contributed by atoms with Gasteiger partial charge in [-0.2, -0.15) is 0 Å². The molecule has 1 aliphatic heterocycles. The van der Waals surface area contributed by atoms with E-state index in [0.29, 0.717) is 28.6 Å². The third-order valence-electron chi connectivity index (χ3n) is 4.65. The highest BCUT2D eigenvalue weighted by atomic mass is 35.5. The number of carbonyl (C=O) groups is 2. The van der Waals surface area contributed by atoms with Crippen LogP contribution in [-0.2, 0) is 14.3 Å². The van der Waals surface area contributed by atoms with Crippen molar-refractivity contribution >= 4 is 29.6 Å². The van der Waals surface area contributed by atoms with Crippen molar-refractivity contribution in [3.63, 3.8) is 0 Å². The van der Waals surface area contributed by atoms with Crippen molar-refractivity contribution < 1.29 is 23.8 Å². The zero-order valence-electron chi connectivity index (χ0n) is 15.8. The summed E-state index contributed by atoms with van der Waals surface area (Å²) in [6, 6.07) is 3.38. The number of hydrogen-bond donors (Lipinski definition) is 1. The second-order valence-corrected chi connectivity index (χ2v) is 7.21. The summed E-state index contributed by atoms with van der Waals surface area (Å²) in [6.07, 6.45) is 9.74. The van der Waals surface area contributed by atoms with Crippen molar-refractivity contribution in [1.82, 2.24) is 5.32 Å². The number of esters is 1. The molecule has 0 fully saturated rings. The maximum atomic E-state index is 12.1. The van der Waals surface area contributed by atoms with Crippen LogP contribution in [0, 0.1) is 0 Å². The fourth-order valence-electron chi connectivity index (χ4n) is 3.14. The molecule has 1 aliphatic carbocycles. The van der Waals surface area contributed by atoms with Gasteiger partial charge >= 0.3 is 5.97 Å². The Morgan fingerprint density at radius 1 is 1.32 bits per heavy atom. The zero-order chi connectivity index (χ0) is 19.9. The van der Waals surface area contributed by atoms with E-state index in [1.54, 1.807) is 25.1 Å². The smallest absolute Gasteiger partial charge is 0.331 e. The van der Waals surface area contributed by atoms with E-state index in [4.69, 9.17) is 25.8 Å². The monoisotopic (exact) mass is 405 g/mol. The average molecular weight is 406 g/mol. The standard InChI is InChI=1S/C21H24ClNO5/c1-14(21(25)23-10-9-15-5-3-2-4-6-15)28-19(24)8-7-16-11-17(22)20-18(12-16)26-13-27-20/h5,7-8,11-12,14H,2-4,6,9-10,13H2,1H3,(H,23,25)/b8-7+/t14-/m0/s1. The number of carbonyl (C=O) groups excluding carboxylic acids is 2. The van der Waals surface area contributed by atoms with Crippen LogP contribution in [0.15, 0.2) is 29.9 Å². The van der Waals surface area contributed by atoms with Crippen molar-refractivity contribution in [2.75, 3.05) is 13.3 Å². The van der Waals surface area contributed by atoms with Gasteiger partial charge in [-0.3, -0.25) is 4.79 Å². The number of amides is 1. The van der Waals surface area contributed by atoms with Gasteiger partial charge in [0.05, 0.1) is 5.02 Å². The maximum absolute atomic E-state index is 12.1. The predicted molar refractivity (Wildman–Crippen MR) is 106 cm³/mol. The van der Waals surface area contributed by atoms with E-state index in [9.17, 15) is 9.59 Å². The Kier molecular flexibility index (Phi) is 6.98. The number of rotatable bonds is 7. The second-order valence-electron chi connectivity index (χ2n) is 6.80. The van der Waals surface area contributed by atoms with Gasteiger partial charge in [0.2, 0.25) is 6.79 Å². The Morgan fingerprint density at radius 3 is 2.96 bits per heavy atom. The van der Waals surface area contributed by atoms with Crippen LogP contribution in [0.3, 0.4) is 0 Å². The first-order chi connectivity index (χ1) is 13.5. The average Bonchev–Trinajstić information content (AvgIpc) is 3.16. The van der Waals surface area contributed by atoms with Crippen LogP contribution >= 0.6 is 11.6 Å². The predicted octanol–water partition coefficient (Wildman–Crippen LogP) is 4.02. The quantitative estimate of drug-likeness (QED) is 0.421. The molecule has 0 spiro atoms. The molecule has 1 aromatic rings. The van der Waals surface area contributed by atoms with Crippen molar-refractivity contribution in [3.05, 3.63) is 40.4 Å². The van der Waals surface area contributed by atoms with Crippen LogP contribution in [0.4, 0.5) is 0 Å². The van der Waals surface area contributed by atoms with E-state index < -0.39 is 12.1 Å². The minimum atomic E-state index is -0.863. The van der Waals surface area contributed by atoms with Gasteiger partial charge in [0.1, 0.15) is 0 Å². The fraction of sp³-hybridized carbons (Fsp3) is 0.429. The first-order valence-electron chi connectivity index (χ1n) is 9.46. The van der Waals surface area contributed by atoms with Crippen LogP contribution in [-0.4, -0.2) is 31.3 Å². The Morgan fingerprint density at radius 2 is 2.18 bits per heavy atom. The van der Waals surface area contributed by atoms with Gasteiger partial charge in [0.15, 0.2) is 17.6 Å². The van der Waals surface area contributed by atoms with Gasteiger partial charge in [-0.1, -0.05) is 23.3 Å². The highest BCUT2D eigenvalue weighted by Crippen LogP contribution is 2.40. The number of hydrogen-bond acceptors (Lipinski definition) is 5. The first kappa shape index (κ1) is 20.3. The summed E-state index contributed by atoms with van der Waals surface area (Å²) in [5, 5.41) is 3.22. The van der Waals surface area contributed by atoms with Crippen LogP contribution in [0.2, 0.25) is 5.02 Å². The van der Waals surface area contributed by atoms with Crippen molar-refractivity contribution in [1.29, 1.82) is 0 Å². The molecule has 1 aromatic carbocycles. The lowest BCUT2D eigenvalue weighted by atomic mass is 9.97. The minimum absolute atomic E-state index is 0.119. The SMILES string of the molecule is C[C@H](OC(=O)/C=C/c1cc(Cl)c2c(c1)OCO2)C(=O)NCCC1=CCCCC1. The molecule has 0 saturated heterocycles. The third-order valence-corrected chi connectivity index (χ3v) is 4.93. The van der Waals surface area contributed by atoms with Gasteiger partial charge in [-0.05, 0) is 62.8 Å². The molecule has 7 heteroatoms. The van der Waals surface area contributed by atoms with E-state index in [-0.39, 0.29) is 12.7 Å². The largest absolute Gasteiger partial charge is 0.454 e. The van der Waals surface area contributed by atoms with E-state index in [2.05, 4.69) is 11.4 Å². The molecule has 0 bridgehead atoms. The number of benzene rings is 1. The molecule has 1 heterocycles. The Balaban J connectivity index is 1.44. The molecule has 0 radical (unpaired) electrons. The molecule has 0 aromatic heterocycles. The summed E-state index contributed by atoms with van der Waals surface area (Å²) in [4.78, 5) is 24.1. The van der Waals surface area contributed by atoms with E-state index in [0.717, 1.165) is 19.3 Å². The first-order valence-corrected chi connectivity index (χ1v) is 9.84. The Hall–Kier alpha value is -2.47. The molecular formula is C21H24ClNO5. The van der Waals surface area contributed by atoms with Crippen molar-refractivity contribution in [3.8, 4) is 11.5 Å². The van der Waals surface area contributed by atoms with E-state index in [1.165, 1.54) is 24.5 Å². The molecule has 3 rings (SSSR count). The minimum Gasteiger partial charge on any atom is -0.454 e. The fourth-order valence-corrected chi connectivity index (χ4v) is 3.41. The van der Waals surface area contributed by atoms with Crippen LogP contribution in [0.5, 0.6) is 11.5 Å². The molecule has 1 N–H and O–H groups in total. The number of ether oxygens (including phenoxy) is 3. The van der Waals surface area contributed by atoms with Crippen molar-refractivity contribution in [2.45, 2.75) is 45.1 Å². The summed E-state index contributed by atoms with van der Waals surface area (Å²) in [6.45, 7) is 2.23. The normalized spacial score (nSPS) is 16.6. The van der Waals surface area contributed by atoms with Crippen LogP contribution in [0.25, 0.3) is 6.08 Å². The summed E-state index contributed by atoms with van der Waals surface area (Å²) in [5.74, 6) is 0.118. The highest BCUT2D eigenvalue weighted by molar-refractivity contribution is 6.32. The topological polar surface area (TPSA) is 73.9 Å². The highest BCUT2D eigenvalue weighted by Gasteiger charge is 2.18. The van der Waals surface area contributed by atoms with Gasteiger partial charge < -0.3 is 19.5 Å². The van der Waals surface area contributed by atoms with Crippen LogP contribution in [0.1, 0.15) is 44.6 Å². The van der Waals surface area contributed by atoms with Gasteiger partial charge in [-0.15, -0.1) is 0 Å². The molecule has 150 valence electrons. The summed E-state index contributed by atoms with van der Waals surface area (Å²) in [5.41, 5.74) is 2.06. The van der Waals surface area contributed by atoms with Crippen molar-refractivity contribution in [2.24, 2.45) is 0 Å². The lowest BCUT2D eigenvalue weighted by Gasteiger charge is -2.15. The molecule has 0 saturated carbocycles. The number of allylic oxidation sites excluding steroid dienone is 1. The molecule has 0 unspecified atom stereocenters. The summed E-state index contributed by atoms with van der Waals surface area (Å²) >= 11 is 6.11. The molecular weight excluding hydrogens is 382 g/mol. The lowest BCUT2D eigenvalue weighted by molar-refractivity contribution is -0.150. The number of halogens is 1. The molecule has 28 heavy (non-hydrogen) atoms. The van der Waals surface area contributed by atoms with Crippen LogP contribution < -0.4 is 14.8 Å². The third kappa shape index (κ3) is 5.52. The molecule has 2 aliphatic rings. The molecule has 6 nitrogen and oxygen atoms in total. The number of fused-ring (bicyclic) bond motifs is 1. The summed E-state index contributed by atoms with van der Waals surface area (Å²) in [7, 11) is 0. The summed E-state index contributed by atoms with van der Waals surface area (Å²) < 4.78 is 15.7. The zero-order valence-corrected chi connectivity index (χ0v) is 16.6. The Labute approximate surface area is 169 Å². The van der Waals surface area contributed by atoms with Gasteiger partial charge in [0, 0.05) is 12.6 Å². The maximum Gasteiger partial charge on any atom is 0.331 e. The van der Waals surface area contributed by atoms with E-state index >= 15 is 0 Å². The lowest BCUT2D eigenvalue weighted by Crippen LogP contribution is -2.36. The van der Waals surface area contributed by atoms with E-state index in [1.807, 2.05) is 0 Å². The van der Waals surface area contributed by atoms with Gasteiger partial charge in [-0.25, -0.2) is 4.79 Å². The molecule has 1 amide bonds. The van der Waals surface area contributed by atoms with Gasteiger partial charge in [0.25, 0.3) is 5.91 Å². The number of nitrogens with one attached hydrogen (secondary N) is 1. The Bertz CT molecular complexity index is 802. The second kappa shape index (κ2) is 9.64. The molecule has 1 atom stereocenters.